The van der Waals surface area contributed by atoms with E-state index in [1.165, 1.54) is 7.11 Å². The summed E-state index contributed by atoms with van der Waals surface area (Å²) in [5.74, 6) is 0.0183. The lowest BCUT2D eigenvalue weighted by molar-refractivity contribution is -0.153. The van der Waals surface area contributed by atoms with E-state index in [2.05, 4.69) is 27.7 Å². The largest absolute Gasteiger partial charge is 0.469 e. The van der Waals surface area contributed by atoms with E-state index in [0.29, 0.717) is 12.5 Å². The third-order valence-electron chi connectivity index (χ3n) is 3.21. The lowest BCUT2D eigenvalue weighted by Gasteiger charge is -2.35. The van der Waals surface area contributed by atoms with E-state index in [1.807, 2.05) is 0 Å². The second-order valence-corrected chi connectivity index (χ2v) is 4.51. The van der Waals surface area contributed by atoms with Crippen LogP contribution in [-0.4, -0.2) is 26.8 Å². The summed E-state index contributed by atoms with van der Waals surface area (Å²) in [5.41, 5.74) is -0.108. The van der Waals surface area contributed by atoms with Crippen molar-refractivity contribution in [3.8, 4) is 0 Å². The van der Waals surface area contributed by atoms with E-state index in [1.54, 1.807) is 7.11 Å². The maximum atomic E-state index is 11.6. The van der Waals surface area contributed by atoms with Crippen molar-refractivity contribution in [3.63, 3.8) is 0 Å². The Kier molecular flexibility index (Phi) is 5.13. The van der Waals surface area contributed by atoms with Gasteiger partial charge in [-0.2, -0.15) is 0 Å². The molecule has 0 bridgehead atoms. The summed E-state index contributed by atoms with van der Waals surface area (Å²) in [7, 11) is 3.02. The highest BCUT2D eigenvalue weighted by molar-refractivity contribution is 5.73. The van der Waals surface area contributed by atoms with E-state index in [-0.39, 0.29) is 17.3 Å². The molecule has 84 valence electrons. The molecule has 0 aromatic heterocycles. The van der Waals surface area contributed by atoms with Crippen LogP contribution < -0.4 is 0 Å². The molecule has 0 aliphatic rings. The lowest BCUT2D eigenvalue weighted by Crippen LogP contribution is -2.38. The van der Waals surface area contributed by atoms with Gasteiger partial charge in [-0.15, -0.1) is 0 Å². The highest BCUT2D eigenvalue weighted by atomic mass is 16.5. The molecule has 3 nitrogen and oxygen atoms in total. The van der Waals surface area contributed by atoms with Crippen molar-refractivity contribution in [2.75, 3.05) is 20.8 Å². The molecule has 0 saturated carbocycles. The average Bonchev–Trinajstić information content (AvgIpc) is 2.12. The van der Waals surface area contributed by atoms with Crippen molar-refractivity contribution in [2.45, 2.75) is 27.7 Å². The summed E-state index contributed by atoms with van der Waals surface area (Å²) in [5, 5.41) is 0. The van der Waals surface area contributed by atoms with Gasteiger partial charge in [0.15, 0.2) is 0 Å². The van der Waals surface area contributed by atoms with Gasteiger partial charge >= 0.3 is 5.97 Å². The minimum atomic E-state index is -0.197. The first kappa shape index (κ1) is 13.4. The number of carbonyl (C=O) groups is 1. The van der Waals surface area contributed by atoms with Gasteiger partial charge in [-0.3, -0.25) is 4.79 Å². The van der Waals surface area contributed by atoms with Crippen LogP contribution in [-0.2, 0) is 14.3 Å². The van der Waals surface area contributed by atoms with Gasteiger partial charge in [-0.1, -0.05) is 27.7 Å². The maximum absolute atomic E-state index is 11.6. The van der Waals surface area contributed by atoms with Crippen molar-refractivity contribution >= 4 is 5.97 Å². The number of ether oxygens (including phenoxy) is 2. The zero-order chi connectivity index (χ0) is 11.4. The SMILES string of the molecule is COCC(C(=O)OC)C(C)(C)C(C)C. The van der Waals surface area contributed by atoms with E-state index in [4.69, 9.17) is 9.47 Å². The normalized spacial score (nSPS) is 14.2. The fourth-order valence-electron chi connectivity index (χ4n) is 1.30. The molecule has 0 heterocycles. The summed E-state index contributed by atoms with van der Waals surface area (Å²) in [6.45, 7) is 8.76. The Morgan fingerprint density at radius 1 is 1.29 bits per heavy atom. The highest BCUT2D eigenvalue weighted by Gasteiger charge is 2.38. The van der Waals surface area contributed by atoms with Crippen LogP contribution in [0.3, 0.4) is 0 Å². The van der Waals surface area contributed by atoms with Crippen LogP contribution in [0.25, 0.3) is 0 Å². The molecular weight excluding hydrogens is 180 g/mol. The third kappa shape index (κ3) is 2.98. The van der Waals surface area contributed by atoms with Gasteiger partial charge < -0.3 is 9.47 Å². The van der Waals surface area contributed by atoms with E-state index >= 15 is 0 Å². The van der Waals surface area contributed by atoms with Crippen LogP contribution in [0.1, 0.15) is 27.7 Å². The first-order valence-electron chi connectivity index (χ1n) is 4.94. The van der Waals surface area contributed by atoms with Crippen LogP contribution in [0, 0.1) is 17.3 Å². The Hall–Kier alpha value is -0.570. The fourth-order valence-corrected chi connectivity index (χ4v) is 1.30. The molecule has 0 radical (unpaired) electrons. The summed E-state index contributed by atoms with van der Waals surface area (Å²) in [4.78, 5) is 11.6. The van der Waals surface area contributed by atoms with Crippen LogP contribution in [0.5, 0.6) is 0 Å². The van der Waals surface area contributed by atoms with Crippen molar-refractivity contribution < 1.29 is 14.3 Å². The van der Waals surface area contributed by atoms with Crippen LogP contribution in [0.4, 0.5) is 0 Å². The van der Waals surface area contributed by atoms with Gasteiger partial charge in [0.05, 0.1) is 19.6 Å². The predicted molar refractivity (Wildman–Crippen MR) is 56.0 cm³/mol. The first-order chi connectivity index (χ1) is 6.37. The molecule has 0 N–H and O–H groups in total. The van der Waals surface area contributed by atoms with Gasteiger partial charge in [0, 0.05) is 7.11 Å². The molecule has 3 heteroatoms. The van der Waals surface area contributed by atoms with Gasteiger partial charge in [-0.05, 0) is 11.3 Å². The van der Waals surface area contributed by atoms with Gasteiger partial charge in [0.2, 0.25) is 0 Å². The number of hydrogen-bond acceptors (Lipinski definition) is 3. The fraction of sp³-hybridized carbons (Fsp3) is 0.909. The van der Waals surface area contributed by atoms with Crippen molar-refractivity contribution in [1.29, 1.82) is 0 Å². The molecule has 0 aromatic carbocycles. The van der Waals surface area contributed by atoms with E-state index in [9.17, 15) is 4.79 Å². The minimum Gasteiger partial charge on any atom is -0.469 e. The molecule has 0 saturated heterocycles. The zero-order valence-electron chi connectivity index (χ0n) is 10.1. The Morgan fingerprint density at radius 3 is 2.07 bits per heavy atom. The molecule has 14 heavy (non-hydrogen) atoms. The van der Waals surface area contributed by atoms with Gasteiger partial charge in [0.25, 0.3) is 0 Å². The highest BCUT2D eigenvalue weighted by Crippen LogP contribution is 2.35. The topological polar surface area (TPSA) is 35.5 Å². The van der Waals surface area contributed by atoms with E-state index < -0.39 is 0 Å². The second-order valence-electron chi connectivity index (χ2n) is 4.51. The molecule has 0 aliphatic heterocycles. The molecule has 0 rings (SSSR count). The Labute approximate surface area is 86.8 Å². The van der Waals surface area contributed by atoms with Gasteiger partial charge in [0.1, 0.15) is 0 Å². The molecule has 0 amide bonds. The summed E-state index contributed by atoms with van der Waals surface area (Å²) < 4.78 is 9.85. The summed E-state index contributed by atoms with van der Waals surface area (Å²) in [6.07, 6.45) is 0. The van der Waals surface area contributed by atoms with Crippen molar-refractivity contribution in [3.05, 3.63) is 0 Å². The molecule has 1 unspecified atom stereocenters. The average molecular weight is 202 g/mol. The first-order valence-corrected chi connectivity index (χ1v) is 4.94. The molecule has 0 aromatic rings. The number of hydrogen-bond donors (Lipinski definition) is 0. The lowest BCUT2D eigenvalue weighted by atomic mass is 9.71. The number of methoxy groups -OCH3 is 2. The molecular formula is C11H22O3. The summed E-state index contributed by atoms with van der Waals surface area (Å²) >= 11 is 0. The Morgan fingerprint density at radius 2 is 1.79 bits per heavy atom. The standard InChI is InChI=1S/C11H22O3/c1-8(2)11(3,4)9(7-13-5)10(12)14-6/h8-9H,7H2,1-6H3. The third-order valence-corrected chi connectivity index (χ3v) is 3.21. The molecule has 0 spiro atoms. The molecule has 0 aliphatic carbocycles. The monoisotopic (exact) mass is 202 g/mol. The summed E-state index contributed by atoms with van der Waals surface area (Å²) in [6, 6.07) is 0. The van der Waals surface area contributed by atoms with Crippen LogP contribution >= 0.6 is 0 Å². The predicted octanol–water partition coefficient (Wildman–Crippen LogP) is 2.10. The molecule has 0 fully saturated rings. The Balaban J connectivity index is 4.71. The quantitative estimate of drug-likeness (QED) is 0.640. The number of carbonyl (C=O) groups excluding carboxylic acids is 1. The van der Waals surface area contributed by atoms with Crippen LogP contribution in [0.2, 0.25) is 0 Å². The van der Waals surface area contributed by atoms with Crippen molar-refractivity contribution in [2.24, 2.45) is 17.3 Å². The van der Waals surface area contributed by atoms with Crippen LogP contribution in [0.15, 0.2) is 0 Å². The second kappa shape index (κ2) is 5.35. The Bertz CT molecular complexity index is 185. The van der Waals surface area contributed by atoms with E-state index in [0.717, 1.165) is 0 Å². The van der Waals surface area contributed by atoms with Gasteiger partial charge in [-0.25, -0.2) is 0 Å². The minimum absolute atomic E-state index is 0.108. The maximum Gasteiger partial charge on any atom is 0.311 e. The number of rotatable bonds is 5. The smallest absolute Gasteiger partial charge is 0.311 e. The zero-order valence-corrected chi connectivity index (χ0v) is 10.1. The number of esters is 1. The van der Waals surface area contributed by atoms with Crippen molar-refractivity contribution in [1.82, 2.24) is 0 Å². The molecule has 1 atom stereocenters.